The van der Waals surface area contributed by atoms with E-state index in [9.17, 15) is 22.7 Å². The van der Waals surface area contributed by atoms with Crippen LogP contribution in [0, 0.1) is 17.1 Å². The molecule has 1 atom stereocenters. The Kier molecular flexibility index (Phi) is 5.74. The summed E-state index contributed by atoms with van der Waals surface area (Å²) >= 11 is 0. The van der Waals surface area contributed by atoms with Gasteiger partial charge in [-0.2, -0.15) is 9.57 Å². The molecule has 28 heavy (non-hydrogen) atoms. The molecule has 3 rings (SSSR count). The molecule has 1 aliphatic rings. The van der Waals surface area contributed by atoms with Crippen molar-refractivity contribution in [2.45, 2.75) is 10.9 Å². The fourth-order valence-corrected chi connectivity index (χ4v) is 4.58. The molecule has 1 heterocycles. The van der Waals surface area contributed by atoms with Gasteiger partial charge in [0, 0.05) is 25.2 Å². The normalized spacial score (nSPS) is 17.9. The summed E-state index contributed by atoms with van der Waals surface area (Å²) in [5, 5.41) is 18.5. The molecule has 0 aromatic heterocycles. The number of amides is 1. The number of aliphatic hydroxyl groups is 1. The van der Waals surface area contributed by atoms with Crippen molar-refractivity contribution in [2.24, 2.45) is 0 Å². The van der Waals surface area contributed by atoms with E-state index < -0.39 is 34.4 Å². The van der Waals surface area contributed by atoms with Gasteiger partial charge < -0.3 is 10.0 Å². The van der Waals surface area contributed by atoms with Gasteiger partial charge in [0.25, 0.3) is 5.91 Å². The summed E-state index contributed by atoms with van der Waals surface area (Å²) in [6.45, 7) is -0.406. The standard InChI is InChI=1S/C19H18FN3O4S/c20-16-3-1-2-15(10-16)19(25)23-9-8-22(12-17(23)13-24)28(26,27)18-6-4-14(11-21)5-7-18/h1-7,10,17,24H,8-9,12-13H2. The molecule has 1 unspecified atom stereocenters. The summed E-state index contributed by atoms with van der Waals surface area (Å²) in [5.41, 5.74) is 0.486. The highest BCUT2D eigenvalue weighted by Crippen LogP contribution is 2.22. The number of carbonyl (C=O) groups is 1. The minimum atomic E-state index is -3.84. The third-order valence-corrected chi connectivity index (χ3v) is 6.49. The molecule has 7 nitrogen and oxygen atoms in total. The number of benzene rings is 2. The van der Waals surface area contributed by atoms with Gasteiger partial charge in [-0.1, -0.05) is 6.07 Å². The topological polar surface area (TPSA) is 102 Å². The van der Waals surface area contributed by atoms with Crippen molar-refractivity contribution in [1.29, 1.82) is 5.26 Å². The Morgan fingerprint density at radius 3 is 2.54 bits per heavy atom. The summed E-state index contributed by atoms with van der Waals surface area (Å²) in [6, 6.07) is 11.9. The van der Waals surface area contributed by atoms with E-state index in [4.69, 9.17) is 5.26 Å². The molecule has 146 valence electrons. The lowest BCUT2D eigenvalue weighted by molar-refractivity contribution is 0.0438. The molecule has 0 saturated carbocycles. The van der Waals surface area contributed by atoms with Crippen LogP contribution in [0.3, 0.4) is 0 Å². The van der Waals surface area contributed by atoms with Gasteiger partial charge in [-0.3, -0.25) is 4.79 Å². The minimum Gasteiger partial charge on any atom is -0.394 e. The van der Waals surface area contributed by atoms with E-state index in [1.165, 1.54) is 51.7 Å². The van der Waals surface area contributed by atoms with E-state index in [0.717, 1.165) is 6.07 Å². The van der Waals surface area contributed by atoms with E-state index >= 15 is 0 Å². The van der Waals surface area contributed by atoms with Gasteiger partial charge in [-0.25, -0.2) is 12.8 Å². The molecule has 1 aliphatic heterocycles. The number of hydrogen-bond acceptors (Lipinski definition) is 5. The largest absolute Gasteiger partial charge is 0.394 e. The first kappa shape index (κ1) is 19.9. The second kappa shape index (κ2) is 8.06. The molecular weight excluding hydrogens is 385 g/mol. The van der Waals surface area contributed by atoms with E-state index in [-0.39, 0.29) is 30.1 Å². The van der Waals surface area contributed by atoms with Gasteiger partial charge in [-0.05, 0) is 42.5 Å². The van der Waals surface area contributed by atoms with Crippen LogP contribution in [0.15, 0.2) is 53.4 Å². The first-order valence-corrected chi connectivity index (χ1v) is 9.98. The van der Waals surface area contributed by atoms with Gasteiger partial charge in [-0.15, -0.1) is 0 Å². The molecule has 1 N–H and O–H groups in total. The lowest BCUT2D eigenvalue weighted by atomic mass is 10.1. The fraction of sp³-hybridized carbons (Fsp3) is 0.263. The van der Waals surface area contributed by atoms with Gasteiger partial charge in [0.2, 0.25) is 10.0 Å². The van der Waals surface area contributed by atoms with E-state index in [2.05, 4.69) is 0 Å². The zero-order valence-corrected chi connectivity index (χ0v) is 15.6. The second-order valence-electron chi connectivity index (χ2n) is 6.34. The Balaban J connectivity index is 1.80. The first-order valence-electron chi connectivity index (χ1n) is 8.54. The smallest absolute Gasteiger partial charge is 0.254 e. The maximum Gasteiger partial charge on any atom is 0.254 e. The highest BCUT2D eigenvalue weighted by atomic mass is 32.2. The number of sulfonamides is 1. The molecule has 2 aromatic carbocycles. The third kappa shape index (κ3) is 3.89. The molecule has 0 spiro atoms. The number of aliphatic hydroxyl groups excluding tert-OH is 1. The minimum absolute atomic E-state index is 0.0353. The van der Waals surface area contributed by atoms with Gasteiger partial charge in [0.05, 0.1) is 29.2 Å². The van der Waals surface area contributed by atoms with Crippen LogP contribution in [0.4, 0.5) is 4.39 Å². The van der Waals surface area contributed by atoms with E-state index in [0.29, 0.717) is 5.56 Å². The van der Waals surface area contributed by atoms with Crippen molar-refractivity contribution < 1.29 is 22.7 Å². The summed E-state index contributed by atoms with van der Waals surface area (Å²) < 4.78 is 40.3. The Labute approximate surface area is 162 Å². The molecule has 9 heteroatoms. The molecule has 2 aromatic rings. The maximum atomic E-state index is 13.4. The van der Waals surface area contributed by atoms with Crippen LogP contribution in [-0.2, 0) is 10.0 Å². The average Bonchev–Trinajstić information content (AvgIpc) is 2.72. The van der Waals surface area contributed by atoms with Crippen LogP contribution in [0.25, 0.3) is 0 Å². The summed E-state index contributed by atoms with van der Waals surface area (Å²) in [5.74, 6) is -1.01. The lowest BCUT2D eigenvalue weighted by Crippen LogP contribution is -2.57. The number of piperazine rings is 1. The Morgan fingerprint density at radius 1 is 1.21 bits per heavy atom. The van der Waals surface area contributed by atoms with Crippen molar-refractivity contribution >= 4 is 15.9 Å². The third-order valence-electron chi connectivity index (χ3n) is 4.61. The van der Waals surface area contributed by atoms with E-state index in [1.807, 2.05) is 6.07 Å². The molecular formula is C19H18FN3O4S. The van der Waals surface area contributed by atoms with Crippen LogP contribution in [0.1, 0.15) is 15.9 Å². The van der Waals surface area contributed by atoms with Crippen molar-refractivity contribution in [3.05, 3.63) is 65.5 Å². The lowest BCUT2D eigenvalue weighted by Gasteiger charge is -2.40. The van der Waals surface area contributed by atoms with Gasteiger partial charge in [0.1, 0.15) is 5.82 Å². The van der Waals surface area contributed by atoms with Crippen molar-refractivity contribution in [2.75, 3.05) is 26.2 Å². The molecule has 0 aliphatic carbocycles. The summed E-state index contributed by atoms with van der Waals surface area (Å²) in [7, 11) is -3.84. The van der Waals surface area contributed by atoms with Crippen molar-refractivity contribution in [3.63, 3.8) is 0 Å². The highest BCUT2D eigenvalue weighted by molar-refractivity contribution is 7.89. The first-order chi connectivity index (χ1) is 13.4. The fourth-order valence-electron chi connectivity index (χ4n) is 3.11. The summed E-state index contributed by atoms with van der Waals surface area (Å²) in [4.78, 5) is 14.1. The van der Waals surface area contributed by atoms with Crippen LogP contribution in [-0.4, -0.2) is 60.9 Å². The Hall–Kier alpha value is -2.80. The molecule has 1 fully saturated rings. The van der Waals surface area contributed by atoms with Gasteiger partial charge in [0.15, 0.2) is 0 Å². The Bertz CT molecular complexity index is 1020. The SMILES string of the molecule is N#Cc1ccc(S(=O)(=O)N2CCN(C(=O)c3cccc(F)c3)C(CO)C2)cc1. The average molecular weight is 403 g/mol. The highest BCUT2D eigenvalue weighted by Gasteiger charge is 2.36. The monoisotopic (exact) mass is 403 g/mol. The number of nitrogens with zero attached hydrogens (tertiary/aromatic N) is 3. The van der Waals surface area contributed by atoms with Crippen molar-refractivity contribution in [3.8, 4) is 6.07 Å². The number of rotatable bonds is 4. The van der Waals surface area contributed by atoms with Gasteiger partial charge >= 0.3 is 0 Å². The zero-order valence-electron chi connectivity index (χ0n) is 14.8. The van der Waals surface area contributed by atoms with Crippen LogP contribution >= 0.6 is 0 Å². The predicted octanol–water partition coefficient (Wildman–Crippen LogP) is 1.20. The zero-order chi connectivity index (χ0) is 20.3. The number of halogens is 1. The number of nitriles is 1. The van der Waals surface area contributed by atoms with Crippen molar-refractivity contribution in [1.82, 2.24) is 9.21 Å². The maximum absolute atomic E-state index is 13.4. The predicted molar refractivity (Wildman–Crippen MR) is 98.2 cm³/mol. The molecule has 1 saturated heterocycles. The Morgan fingerprint density at radius 2 is 1.93 bits per heavy atom. The van der Waals surface area contributed by atoms with Crippen LogP contribution in [0.2, 0.25) is 0 Å². The number of hydrogen-bond donors (Lipinski definition) is 1. The second-order valence-corrected chi connectivity index (χ2v) is 8.28. The van der Waals surface area contributed by atoms with Crippen LogP contribution in [0.5, 0.6) is 0 Å². The van der Waals surface area contributed by atoms with E-state index in [1.54, 1.807) is 0 Å². The molecule has 0 radical (unpaired) electrons. The number of carbonyl (C=O) groups excluding carboxylic acids is 1. The molecule has 1 amide bonds. The van der Waals surface area contributed by atoms with Crippen LogP contribution < -0.4 is 0 Å². The quantitative estimate of drug-likeness (QED) is 0.827. The summed E-state index contributed by atoms with van der Waals surface area (Å²) in [6.07, 6.45) is 0. The molecule has 0 bridgehead atoms.